The van der Waals surface area contributed by atoms with Crippen molar-refractivity contribution in [3.63, 3.8) is 0 Å². The molecule has 0 rings (SSSR count). The highest BCUT2D eigenvalue weighted by Crippen LogP contribution is 1.74. The number of hydrogen-bond donors (Lipinski definition) is 1. The lowest BCUT2D eigenvalue weighted by Gasteiger charge is -2.21. The second kappa shape index (κ2) is 6.26. The Morgan fingerprint density at radius 1 is 1.10 bits per heavy atom. The minimum Gasteiger partial charge on any atom is -0.331 e. The van der Waals surface area contributed by atoms with Crippen molar-refractivity contribution in [3.05, 3.63) is 0 Å². The van der Waals surface area contributed by atoms with Gasteiger partial charge in [-0.2, -0.15) is 0 Å². The molecule has 0 aliphatic heterocycles. The van der Waals surface area contributed by atoms with Crippen LogP contribution in [0.25, 0.3) is 0 Å². The molecule has 0 fully saturated rings. The van der Waals surface area contributed by atoms with Crippen LogP contribution in [0.2, 0.25) is 0 Å². The first kappa shape index (κ1) is 10.5. The van der Waals surface area contributed by atoms with Gasteiger partial charge in [-0.15, -0.1) is 23.2 Å². The zero-order valence-electron chi connectivity index (χ0n) is 6.66. The quantitative estimate of drug-likeness (QED) is 0.603. The van der Waals surface area contributed by atoms with Crippen LogP contribution < -0.4 is 4.90 Å². The summed E-state index contributed by atoms with van der Waals surface area (Å²) in [6, 6.07) is 0.637. The normalized spacial score (nSPS) is 11.4. The first-order valence-electron chi connectivity index (χ1n) is 3.69. The van der Waals surface area contributed by atoms with Crippen LogP contribution in [0, 0.1) is 0 Å². The number of quaternary nitrogens is 1. The minimum absolute atomic E-state index is 0.637. The van der Waals surface area contributed by atoms with Crippen molar-refractivity contribution in [2.24, 2.45) is 0 Å². The molecule has 0 aromatic heterocycles. The first-order valence-corrected chi connectivity index (χ1v) is 4.75. The summed E-state index contributed by atoms with van der Waals surface area (Å²) in [6.07, 6.45) is 0. The summed E-state index contributed by atoms with van der Waals surface area (Å²) in [5, 5.41) is 0. The fourth-order valence-corrected chi connectivity index (χ4v) is 1.43. The Balaban J connectivity index is 3.50. The summed E-state index contributed by atoms with van der Waals surface area (Å²) in [5.41, 5.74) is 0. The molecular formula is C7H16Cl2N+. The highest BCUT2D eigenvalue weighted by molar-refractivity contribution is 6.18. The van der Waals surface area contributed by atoms with Gasteiger partial charge in [-0.3, -0.25) is 0 Å². The van der Waals surface area contributed by atoms with Crippen molar-refractivity contribution < 1.29 is 4.90 Å². The van der Waals surface area contributed by atoms with E-state index in [9.17, 15) is 0 Å². The smallest absolute Gasteiger partial charge is 0.0910 e. The molecule has 0 heterocycles. The van der Waals surface area contributed by atoms with E-state index in [4.69, 9.17) is 23.2 Å². The van der Waals surface area contributed by atoms with Gasteiger partial charge in [0.25, 0.3) is 0 Å². The van der Waals surface area contributed by atoms with Gasteiger partial charge in [-0.05, 0) is 13.8 Å². The SMILES string of the molecule is CC(C)[NH+](CCCl)CCCl. The lowest BCUT2D eigenvalue weighted by molar-refractivity contribution is -0.916. The molecule has 10 heavy (non-hydrogen) atoms. The lowest BCUT2D eigenvalue weighted by Crippen LogP contribution is -3.15. The molecule has 0 atom stereocenters. The van der Waals surface area contributed by atoms with Gasteiger partial charge in [-0.1, -0.05) is 0 Å². The molecule has 0 saturated heterocycles. The molecule has 3 heteroatoms. The zero-order chi connectivity index (χ0) is 7.98. The summed E-state index contributed by atoms with van der Waals surface area (Å²) in [7, 11) is 0. The van der Waals surface area contributed by atoms with Gasteiger partial charge < -0.3 is 4.90 Å². The number of halogens is 2. The standard InChI is InChI=1S/C7H15Cl2N/c1-7(2)10(5-3-8)6-4-9/h7H,3-6H2,1-2H3/p+1. The van der Waals surface area contributed by atoms with E-state index in [1.54, 1.807) is 0 Å². The van der Waals surface area contributed by atoms with Gasteiger partial charge in [0.15, 0.2) is 0 Å². The van der Waals surface area contributed by atoms with Crippen molar-refractivity contribution in [2.45, 2.75) is 19.9 Å². The van der Waals surface area contributed by atoms with Gasteiger partial charge in [0, 0.05) is 0 Å². The predicted molar refractivity (Wildman–Crippen MR) is 47.3 cm³/mol. The highest BCUT2D eigenvalue weighted by Gasteiger charge is 2.09. The Hall–Kier alpha value is 0.540. The molecule has 62 valence electrons. The molecule has 0 aliphatic carbocycles. The van der Waals surface area contributed by atoms with Crippen LogP contribution in [0.3, 0.4) is 0 Å². The van der Waals surface area contributed by atoms with Crippen LogP contribution in [-0.2, 0) is 0 Å². The Labute approximate surface area is 73.3 Å². The van der Waals surface area contributed by atoms with Crippen LogP contribution in [0.1, 0.15) is 13.8 Å². The van der Waals surface area contributed by atoms with Crippen molar-refractivity contribution in [3.8, 4) is 0 Å². The number of hydrogen-bond acceptors (Lipinski definition) is 0. The molecule has 1 N–H and O–H groups in total. The van der Waals surface area contributed by atoms with E-state index in [-0.39, 0.29) is 0 Å². The van der Waals surface area contributed by atoms with Crippen LogP contribution in [0.5, 0.6) is 0 Å². The summed E-state index contributed by atoms with van der Waals surface area (Å²) in [6.45, 7) is 6.42. The number of alkyl halides is 2. The second-order valence-electron chi connectivity index (χ2n) is 2.69. The highest BCUT2D eigenvalue weighted by atomic mass is 35.5. The number of nitrogens with one attached hydrogen (secondary N) is 1. The summed E-state index contributed by atoms with van der Waals surface area (Å²) >= 11 is 11.2. The van der Waals surface area contributed by atoms with Crippen molar-refractivity contribution in [1.82, 2.24) is 0 Å². The molecule has 0 aromatic carbocycles. The third-order valence-electron chi connectivity index (χ3n) is 1.65. The van der Waals surface area contributed by atoms with Crippen LogP contribution in [0.15, 0.2) is 0 Å². The number of rotatable bonds is 5. The Morgan fingerprint density at radius 3 is 1.70 bits per heavy atom. The van der Waals surface area contributed by atoms with Crippen LogP contribution in [-0.4, -0.2) is 30.9 Å². The second-order valence-corrected chi connectivity index (χ2v) is 3.45. The minimum atomic E-state index is 0.637. The van der Waals surface area contributed by atoms with E-state index in [2.05, 4.69) is 13.8 Å². The third kappa shape index (κ3) is 4.37. The Kier molecular flexibility index (Phi) is 6.60. The van der Waals surface area contributed by atoms with Crippen molar-refractivity contribution in [2.75, 3.05) is 24.8 Å². The summed E-state index contributed by atoms with van der Waals surface area (Å²) in [5.74, 6) is 1.45. The van der Waals surface area contributed by atoms with Gasteiger partial charge in [0.1, 0.15) is 0 Å². The molecule has 0 spiro atoms. The largest absolute Gasteiger partial charge is 0.331 e. The molecule has 0 radical (unpaired) electrons. The van der Waals surface area contributed by atoms with E-state index in [1.165, 1.54) is 4.90 Å². The van der Waals surface area contributed by atoms with E-state index < -0.39 is 0 Å². The summed E-state index contributed by atoms with van der Waals surface area (Å²) < 4.78 is 0. The fraction of sp³-hybridized carbons (Fsp3) is 1.00. The van der Waals surface area contributed by atoms with Crippen molar-refractivity contribution in [1.29, 1.82) is 0 Å². The molecular weight excluding hydrogens is 169 g/mol. The first-order chi connectivity index (χ1) is 4.72. The van der Waals surface area contributed by atoms with E-state index in [0.717, 1.165) is 24.8 Å². The van der Waals surface area contributed by atoms with Crippen molar-refractivity contribution >= 4 is 23.2 Å². The van der Waals surface area contributed by atoms with Crippen LogP contribution >= 0.6 is 23.2 Å². The monoisotopic (exact) mass is 184 g/mol. The zero-order valence-corrected chi connectivity index (χ0v) is 8.17. The van der Waals surface area contributed by atoms with E-state index in [0.29, 0.717) is 6.04 Å². The maximum absolute atomic E-state index is 5.61. The average Bonchev–Trinajstić information content (AvgIpc) is 1.87. The van der Waals surface area contributed by atoms with Gasteiger partial charge in [-0.25, -0.2) is 0 Å². The van der Waals surface area contributed by atoms with E-state index in [1.807, 2.05) is 0 Å². The van der Waals surface area contributed by atoms with Gasteiger partial charge in [0.05, 0.1) is 30.9 Å². The molecule has 0 bridgehead atoms. The van der Waals surface area contributed by atoms with Gasteiger partial charge >= 0.3 is 0 Å². The summed E-state index contributed by atoms with van der Waals surface area (Å²) in [4.78, 5) is 1.49. The average molecular weight is 185 g/mol. The Morgan fingerprint density at radius 2 is 1.50 bits per heavy atom. The molecule has 0 amide bonds. The maximum Gasteiger partial charge on any atom is 0.0910 e. The third-order valence-corrected chi connectivity index (χ3v) is 2.03. The van der Waals surface area contributed by atoms with Gasteiger partial charge in [0.2, 0.25) is 0 Å². The maximum atomic E-state index is 5.61. The Bertz CT molecular complexity index is 70.0. The molecule has 0 aliphatic rings. The predicted octanol–water partition coefficient (Wildman–Crippen LogP) is 0.757. The molecule has 0 saturated carbocycles. The van der Waals surface area contributed by atoms with E-state index >= 15 is 0 Å². The topological polar surface area (TPSA) is 4.44 Å². The molecule has 1 nitrogen and oxygen atoms in total. The fourth-order valence-electron chi connectivity index (χ4n) is 0.945. The molecule has 0 aromatic rings. The molecule has 0 unspecified atom stereocenters. The van der Waals surface area contributed by atoms with Crippen LogP contribution in [0.4, 0.5) is 0 Å². The lowest BCUT2D eigenvalue weighted by atomic mass is 10.3.